The van der Waals surface area contributed by atoms with Gasteiger partial charge in [0.2, 0.25) is 5.95 Å². The maximum absolute atomic E-state index is 12.4. The molecule has 0 bridgehead atoms. The number of ether oxygens (including phenoxy) is 1. The van der Waals surface area contributed by atoms with E-state index in [0.717, 1.165) is 22.6 Å². The Labute approximate surface area is 151 Å². The first-order valence-electron chi connectivity index (χ1n) is 7.93. The minimum Gasteiger partial charge on any atom is -0.496 e. The van der Waals surface area contributed by atoms with E-state index < -0.39 is 0 Å². The Morgan fingerprint density at radius 2 is 2.12 bits per heavy atom. The van der Waals surface area contributed by atoms with Crippen molar-refractivity contribution in [1.29, 1.82) is 0 Å². The summed E-state index contributed by atoms with van der Waals surface area (Å²) in [6.45, 7) is 6.14. The van der Waals surface area contributed by atoms with Gasteiger partial charge in [0.05, 0.1) is 25.4 Å². The molecule has 7 nitrogen and oxygen atoms in total. The van der Waals surface area contributed by atoms with Crippen molar-refractivity contribution in [2.75, 3.05) is 17.7 Å². The molecule has 0 saturated carbocycles. The van der Waals surface area contributed by atoms with Crippen LogP contribution in [0.1, 0.15) is 29.3 Å². The highest BCUT2D eigenvalue weighted by atomic mass is 35.5. The third kappa shape index (κ3) is 3.00. The number of hydrogen-bond acceptors (Lipinski definition) is 7. The molecule has 0 spiro atoms. The molecule has 3 heterocycles. The van der Waals surface area contributed by atoms with Crippen molar-refractivity contribution in [3.05, 3.63) is 33.7 Å². The minimum absolute atomic E-state index is 0.0551. The molecule has 8 heteroatoms. The Balaban J connectivity index is 2.08. The van der Waals surface area contributed by atoms with Crippen LogP contribution in [0.3, 0.4) is 0 Å². The lowest BCUT2D eigenvalue weighted by Gasteiger charge is -2.35. The summed E-state index contributed by atoms with van der Waals surface area (Å²) in [5.74, 6) is 1.52. The summed E-state index contributed by atoms with van der Waals surface area (Å²) in [4.78, 5) is 27.1. The number of fused-ring (bicyclic) bond motifs is 1. The maximum atomic E-state index is 12.4. The lowest BCUT2D eigenvalue weighted by molar-refractivity contribution is -0.119. The molecule has 0 aliphatic carbocycles. The van der Waals surface area contributed by atoms with Gasteiger partial charge in [0.25, 0.3) is 0 Å². The molecule has 0 unspecified atom stereocenters. The number of nitrogens with zero attached hydrogens (tertiary/aromatic N) is 4. The Morgan fingerprint density at radius 3 is 2.80 bits per heavy atom. The number of anilines is 2. The number of rotatable bonds is 3. The third-order valence-corrected chi connectivity index (χ3v) is 4.89. The monoisotopic (exact) mass is 361 g/mol. The highest BCUT2D eigenvalue weighted by Gasteiger charge is 2.33. The number of hydrogen-bond donors (Lipinski definition) is 1. The second kappa shape index (κ2) is 6.48. The highest BCUT2D eigenvalue weighted by molar-refractivity contribution is 6.31. The Bertz CT molecular complexity index is 855. The summed E-state index contributed by atoms with van der Waals surface area (Å²) in [5, 5.41) is 0.221. The number of carbonyl (C=O) groups excluding carboxylic acids is 1. The van der Waals surface area contributed by atoms with E-state index in [1.54, 1.807) is 13.3 Å². The Kier molecular flexibility index (Phi) is 4.51. The zero-order chi connectivity index (χ0) is 18.3. The first-order chi connectivity index (χ1) is 11.8. The van der Waals surface area contributed by atoms with Crippen molar-refractivity contribution >= 4 is 29.2 Å². The second-order valence-electron chi connectivity index (χ2n) is 6.17. The van der Waals surface area contributed by atoms with E-state index in [-0.39, 0.29) is 29.3 Å². The lowest BCUT2D eigenvalue weighted by atomic mass is 9.98. The van der Waals surface area contributed by atoms with Crippen LogP contribution in [0.25, 0.3) is 0 Å². The lowest BCUT2D eigenvalue weighted by Crippen LogP contribution is -2.44. The van der Waals surface area contributed by atoms with Gasteiger partial charge in [-0.05, 0) is 20.8 Å². The van der Waals surface area contributed by atoms with E-state index in [2.05, 4.69) is 15.0 Å². The van der Waals surface area contributed by atoms with Crippen molar-refractivity contribution in [3.8, 4) is 5.75 Å². The fourth-order valence-electron chi connectivity index (χ4n) is 3.13. The Hall–Kier alpha value is -2.41. The summed E-state index contributed by atoms with van der Waals surface area (Å²) in [6, 6.07) is -0.355. The SMILES string of the molecule is COc1c(C)cnc(CN2c3nc(N)nc(Cl)c3CC(=O)[C@@H]2C)c1C. The van der Waals surface area contributed by atoms with Gasteiger partial charge < -0.3 is 15.4 Å². The van der Waals surface area contributed by atoms with E-state index >= 15 is 0 Å². The average Bonchev–Trinajstić information content (AvgIpc) is 2.55. The number of aromatic nitrogens is 3. The van der Waals surface area contributed by atoms with Crippen LogP contribution in [0.4, 0.5) is 11.8 Å². The molecule has 0 amide bonds. The molecule has 1 atom stereocenters. The minimum atomic E-state index is -0.355. The van der Waals surface area contributed by atoms with Gasteiger partial charge in [-0.3, -0.25) is 9.78 Å². The zero-order valence-electron chi connectivity index (χ0n) is 14.6. The number of nitrogen functional groups attached to an aromatic ring is 1. The molecule has 0 radical (unpaired) electrons. The van der Waals surface area contributed by atoms with Crippen molar-refractivity contribution in [1.82, 2.24) is 15.0 Å². The van der Waals surface area contributed by atoms with Crippen molar-refractivity contribution in [2.45, 2.75) is 39.8 Å². The van der Waals surface area contributed by atoms with E-state index in [1.807, 2.05) is 25.7 Å². The molecule has 132 valence electrons. The van der Waals surface area contributed by atoms with E-state index in [1.165, 1.54) is 0 Å². The molecule has 1 aliphatic heterocycles. The summed E-state index contributed by atoms with van der Waals surface area (Å²) >= 11 is 6.18. The standard InChI is InChI=1S/C17H20ClN5O2/c1-8-6-20-12(9(2)14(8)25-4)7-23-10(3)13(24)5-11-15(18)21-17(19)22-16(11)23/h6,10H,5,7H2,1-4H3,(H2,19,21,22)/t10-/m0/s1. The number of ketones is 1. The zero-order valence-corrected chi connectivity index (χ0v) is 15.4. The summed E-state index contributed by atoms with van der Waals surface area (Å²) < 4.78 is 5.47. The average molecular weight is 362 g/mol. The van der Waals surface area contributed by atoms with Gasteiger partial charge in [-0.1, -0.05) is 11.6 Å². The normalized spacial score (nSPS) is 16.8. The van der Waals surface area contributed by atoms with Crippen molar-refractivity contribution < 1.29 is 9.53 Å². The fourth-order valence-corrected chi connectivity index (χ4v) is 3.37. The number of carbonyl (C=O) groups is 1. The third-order valence-electron chi connectivity index (χ3n) is 4.58. The highest BCUT2D eigenvalue weighted by Crippen LogP contribution is 2.34. The maximum Gasteiger partial charge on any atom is 0.223 e. The molecule has 0 aromatic carbocycles. The number of pyridine rings is 1. The predicted molar refractivity (Wildman–Crippen MR) is 96.1 cm³/mol. The number of Topliss-reactive ketones (excluding diaryl/α,β-unsaturated/α-hetero) is 1. The summed E-state index contributed by atoms with van der Waals surface area (Å²) in [7, 11) is 1.63. The van der Waals surface area contributed by atoms with Crippen molar-refractivity contribution in [3.63, 3.8) is 0 Å². The van der Waals surface area contributed by atoms with Crippen LogP contribution < -0.4 is 15.4 Å². The van der Waals surface area contributed by atoms with Crippen LogP contribution in [-0.2, 0) is 17.8 Å². The molecular weight excluding hydrogens is 342 g/mol. The number of methoxy groups -OCH3 is 1. The molecule has 2 N–H and O–H groups in total. The van der Waals surface area contributed by atoms with Gasteiger partial charge in [-0.15, -0.1) is 0 Å². The number of aryl methyl sites for hydroxylation is 1. The van der Waals surface area contributed by atoms with Gasteiger partial charge in [-0.25, -0.2) is 4.98 Å². The largest absolute Gasteiger partial charge is 0.496 e. The molecule has 0 fully saturated rings. The van der Waals surface area contributed by atoms with Gasteiger partial charge in [0.1, 0.15) is 16.7 Å². The van der Waals surface area contributed by atoms with Crippen LogP contribution in [-0.4, -0.2) is 33.9 Å². The molecule has 0 saturated heterocycles. The van der Waals surface area contributed by atoms with Crippen LogP contribution in [0.5, 0.6) is 5.75 Å². The topological polar surface area (TPSA) is 94.2 Å². The van der Waals surface area contributed by atoms with Crippen LogP contribution in [0.2, 0.25) is 5.15 Å². The first-order valence-corrected chi connectivity index (χ1v) is 8.31. The first kappa shape index (κ1) is 17.4. The molecular formula is C17H20ClN5O2. The van der Waals surface area contributed by atoms with Gasteiger partial charge in [0.15, 0.2) is 5.78 Å². The van der Waals surface area contributed by atoms with E-state index in [9.17, 15) is 4.79 Å². The van der Waals surface area contributed by atoms with Crippen LogP contribution in [0, 0.1) is 13.8 Å². The fraction of sp³-hybridized carbons (Fsp3) is 0.412. The predicted octanol–water partition coefficient (Wildman–Crippen LogP) is 2.25. The smallest absolute Gasteiger partial charge is 0.223 e. The molecule has 1 aliphatic rings. The van der Waals surface area contributed by atoms with E-state index in [0.29, 0.717) is 17.9 Å². The van der Waals surface area contributed by atoms with Gasteiger partial charge in [-0.2, -0.15) is 4.98 Å². The van der Waals surface area contributed by atoms with Crippen LogP contribution >= 0.6 is 11.6 Å². The summed E-state index contributed by atoms with van der Waals surface area (Å²) in [6.07, 6.45) is 1.97. The molecule has 2 aromatic rings. The molecule has 2 aromatic heterocycles. The van der Waals surface area contributed by atoms with Gasteiger partial charge in [0, 0.05) is 29.3 Å². The summed E-state index contributed by atoms with van der Waals surface area (Å²) in [5.41, 5.74) is 9.07. The van der Waals surface area contributed by atoms with E-state index in [4.69, 9.17) is 22.1 Å². The second-order valence-corrected chi connectivity index (χ2v) is 6.53. The molecule has 25 heavy (non-hydrogen) atoms. The quantitative estimate of drug-likeness (QED) is 0.838. The number of halogens is 1. The van der Waals surface area contributed by atoms with Gasteiger partial charge >= 0.3 is 0 Å². The van der Waals surface area contributed by atoms with Crippen molar-refractivity contribution in [2.24, 2.45) is 0 Å². The molecule has 3 rings (SSSR count). The van der Waals surface area contributed by atoms with Crippen LogP contribution in [0.15, 0.2) is 6.20 Å². The Morgan fingerprint density at radius 1 is 1.40 bits per heavy atom. The number of nitrogens with two attached hydrogens (primary N) is 1.